The van der Waals surface area contributed by atoms with Crippen LogP contribution in [0.3, 0.4) is 0 Å². The van der Waals surface area contributed by atoms with Crippen LogP contribution in [0.5, 0.6) is 0 Å². The topological polar surface area (TPSA) is 29.1 Å². The number of halogens is 1. The number of amides is 1. The number of rotatable bonds is 4. The lowest BCUT2D eigenvalue weighted by molar-refractivity contribution is -0.122. The third-order valence-electron chi connectivity index (χ3n) is 3.96. The minimum Gasteiger partial charge on any atom is -0.350 e. The van der Waals surface area contributed by atoms with E-state index in [0.29, 0.717) is 12.3 Å². The van der Waals surface area contributed by atoms with Crippen LogP contribution in [0, 0.1) is 5.92 Å². The van der Waals surface area contributed by atoms with Gasteiger partial charge in [0.1, 0.15) is 0 Å². The first-order valence-corrected chi connectivity index (χ1v) is 8.17. The molecule has 3 heteroatoms. The van der Waals surface area contributed by atoms with E-state index in [1.54, 1.807) is 0 Å². The minimum atomic E-state index is -0.0382. The third kappa shape index (κ3) is 4.07. The molecule has 1 saturated carbocycles. The van der Waals surface area contributed by atoms with Crippen LogP contribution in [-0.4, -0.2) is 16.8 Å². The molecule has 19 heavy (non-hydrogen) atoms. The van der Waals surface area contributed by atoms with Crippen LogP contribution >= 0.6 is 15.9 Å². The summed E-state index contributed by atoms with van der Waals surface area (Å²) in [6, 6.07) is 9.94. The second-order valence-corrected chi connectivity index (χ2v) is 6.39. The maximum absolute atomic E-state index is 12.2. The zero-order valence-electron chi connectivity index (χ0n) is 11.5. The second kappa shape index (κ2) is 6.56. The molecule has 0 spiro atoms. The number of hydrogen-bond donors (Lipinski definition) is 1. The molecular formula is C16H22BrNO. The van der Waals surface area contributed by atoms with Crippen molar-refractivity contribution in [1.82, 2.24) is 5.32 Å². The number of carbonyl (C=O) groups excluding carboxylic acids is 1. The number of benzene rings is 1. The summed E-state index contributed by atoms with van der Waals surface area (Å²) in [6.07, 6.45) is 5.13. The van der Waals surface area contributed by atoms with Crippen molar-refractivity contribution in [3.63, 3.8) is 0 Å². The van der Waals surface area contributed by atoms with E-state index in [4.69, 9.17) is 0 Å². The van der Waals surface area contributed by atoms with Crippen molar-refractivity contribution < 1.29 is 4.79 Å². The second-order valence-electron chi connectivity index (χ2n) is 5.83. The highest BCUT2D eigenvalue weighted by Gasteiger charge is 2.35. The minimum absolute atomic E-state index is 0.0382. The molecule has 1 aliphatic rings. The SMILES string of the molecule is CC1CCCC(CBr)(NC(=O)Cc2ccccc2)C1. The van der Waals surface area contributed by atoms with Gasteiger partial charge in [0.05, 0.1) is 6.42 Å². The summed E-state index contributed by atoms with van der Waals surface area (Å²) in [4.78, 5) is 12.2. The van der Waals surface area contributed by atoms with Gasteiger partial charge < -0.3 is 5.32 Å². The van der Waals surface area contributed by atoms with E-state index in [-0.39, 0.29) is 11.4 Å². The highest BCUT2D eigenvalue weighted by atomic mass is 79.9. The first kappa shape index (κ1) is 14.6. The van der Waals surface area contributed by atoms with Crippen molar-refractivity contribution in [2.45, 2.75) is 44.6 Å². The fourth-order valence-electron chi connectivity index (χ4n) is 3.05. The van der Waals surface area contributed by atoms with E-state index in [0.717, 1.165) is 23.7 Å². The van der Waals surface area contributed by atoms with Gasteiger partial charge in [-0.3, -0.25) is 4.79 Å². The van der Waals surface area contributed by atoms with Crippen molar-refractivity contribution in [3.8, 4) is 0 Å². The normalized spacial score (nSPS) is 26.9. The Morgan fingerprint density at radius 1 is 1.42 bits per heavy atom. The van der Waals surface area contributed by atoms with Crippen molar-refractivity contribution >= 4 is 21.8 Å². The Balaban J connectivity index is 1.96. The maximum atomic E-state index is 12.2. The Morgan fingerprint density at radius 2 is 2.16 bits per heavy atom. The summed E-state index contributed by atoms with van der Waals surface area (Å²) in [7, 11) is 0. The van der Waals surface area contributed by atoms with Crippen LogP contribution in [-0.2, 0) is 11.2 Å². The van der Waals surface area contributed by atoms with Crippen molar-refractivity contribution in [1.29, 1.82) is 0 Å². The maximum Gasteiger partial charge on any atom is 0.224 e. The van der Waals surface area contributed by atoms with E-state index in [1.807, 2.05) is 30.3 Å². The molecule has 1 fully saturated rings. The summed E-state index contributed by atoms with van der Waals surface area (Å²) in [5.41, 5.74) is 1.04. The average Bonchev–Trinajstić information content (AvgIpc) is 2.39. The third-order valence-corrected chi connectivity index (χ3v) is 5.03. The molecule has 0 radical (unpaired) electrons. The molecule has 0 saturated heterocycles. The molecule has 104 valence electrons. The highest BCUT2D eigenvalue weighted by Crippen LogP contribution is 2.33. The summed E-state index contributed by atoms with van der Waals surface area (Å²) >= 11 is 3.59. The Morgan fingerprint density at radius 3 is 2.79 bits per heavy atom. The van der Waals surface area contributed by atoms with Gasteiger partial charge in [0.25, 0.3) is 0 Å². The molecule has 2 atom stereocenters. The van der Waals surface area contributed by atoms with Gasteiger partial charge in [-0.15, -0.1) is 0 Å². The fourth-order valence-corrected chi connectivity index (χ4v) is 3.70. The Labute approximate surface area is 124 Å². The van der Waals surface area contributed by atoms with Crippen LogP contribution in [0.1, 0.15) is 38.2 Å². The van der Waals surface area contributed by atoms with Gasteiger partial charge >= 0.3 is 0 Å². The summed E-state index contributed by atoms with van der Waals surface area (Å²) in [5.74, 6) is 0.836. The quantitative estimate of drug-likeness (QED) is 0.841. The molecule has 0 aromatic heterocycles. The van der Waals surface area contributed by atoms with Gasteiger partial charge in [0, 0.05) is 10.9 Å². The Bertz CT molecular complexity index is 420. The van der Waals surface area contributed by atoms with Crippen molar-refractivity contribution in [3.05, 3.63) is 35.9 Å². The Kier molecular flexibility index (Phi) is 5.03. The van der Waals surface area contributed by atoms with E-state index in [1.165, 1.54) is 12.8 Å². The van der Waals surface area contributed by atoms with Crippen LogP contribution in [0.4, 0.5) is 0 Å². The van der Waals surface area contributed by atoms with Gasteiger partial charge in [-0.25, -0.2) is 0 Å². The van der Waals surface area contributed by atoms with Crippen LogP contribution < -0.4 is 5.32 Å². The molecule has 1 N–H and O–H groups in total. The largest absolute Gasteiger partial charge is 0.350 e. The molecule has 1 aromatic rings. The van der Waals surface area contributed by atoms with Crippen LogP contribution in [0.15, 0.2) is 30.3 Å². The molecule has 1 amide bonds. The van der Waals surface area contributed by atoms with Crippen LogP contribution in [0.2, 0.25) is 0 Å². The number of nitrogens with one attached hydrogen (secondary N) is 1. The van der Waals surface area contributed by atoms with E-state index >= 15 is 0 Å². The molecule has 2 nitrogen and oxygen atoms in total. The smallest absolute Gasteiger partial charge is 0.224 e. The van der Waals surface area contributed by atoms with Gasteiger partial charge in [-0.2, -0.15) is 0 Å². The van der Waals surface area contributed by atoms with Crippen LogP contribution in [0.25, 0.3) is 0 Å². The zero-order chi connectivity index (χ0) is 13.7. The molecule has 1 aromatic carbocycles. The van der Waals surface area contributed by atoms with Gasteiger partial charge in [-0.05, 0) is 24.3 Å². The molecule has 0 aliphatic heterocycles. The number of alkyl halides is 1. The predicted molar refractivity (Wildman–Crippen MR) is 82.4 cm³/mol. The van der Waals surface area contributed by atoms with Gasteiger partial charge in [-0.1, -0.05) is 66.0 Å². The lowest BCUT2D eigenvalue weighted by Gasteiger charge is -2.39. The highest BCUT2D eigenvalue weighted by molar-refractivity contribution is 9.09. The number of carbonyl (C=O) groups is 1. The molecule has 2 rings (SSSR count). The van der Waals surface area contributed by atoms with E-state index in [9.17, 15) is 4.79 Å². The van der Waals surface area contributed by atoms with E-state index < -0.39 is 0 Å². The summed E-state index contributed by atoms with van der Waals surface area (Å²) < 4.78 is 0. The first-order chi connectivity index (χ1) is 9.13. The molecule has 0 heterocycles. The fraction of sp³-hybridized carbons (Fsp3) is 0.562. The summed E-state index contributed by atoms with van der Waals surface area (Å²) in [5, 5.41) is 4.13. The van der Waals surface area contributed by atoms with E-state index in [2.05, 4.69) is 28.2 Å². The zero-order valence-corrected chi connectivity index (χ0v) is 13.1. The molecule has 1 aliphatic carbocycles. The van der Waals surface area contributed by atoms with Crippen molar-refractivity contribution in [2.24, 2.45) is 5.92 Å². The molecule has 2 unspecified atom stereocenters. The lowest BCUT2D eigenvalue weighted by atomic mass is 9.77. The molecule has 0 bridgehead atoms. The lowest BCUT2D eigenvalue weighted by Crippen LogP contribution is -2.53. The monoisotopic (exact) mass is 323 g/mol. The average molecular weight is 324 g/mol. The number of hydrogen-bond acceptors (Lipinski definition) is 1. The first-order valence-electron chi connectivity index (χ1n) is 7.04. The predicted octanol–water partition coefficient (Wildman–Crippen LogP) is 3.69. The molecular weight excluding hydrogens is 302 g/mol. The van der Waals surface area contributed by atoms with Gasteiger partial charge in [0.15, 0.2) is 0 Å². The van der Waals surface area contributed by atoms with Crippen molar-refractivity contribution in [2.75, 3.05) is 5.33 Å². The standard InChI is InChI=1S/C16H22BrNO/c1-13-6-5-9-16(11-13,12-17)18-15(19)10-14-7-3-2-4-8-14/h2-4,7-8,13H,5-6,9-12H2,1H3,(H,18,19). The van der Waals surface area contributed by atoms with Gasteiger partial charge in [0.2, 0.25) is 5.91 Å². The summed E-state index contributed by atoms with van der Waals surface area (Å²) in [6.45, 7) is 2.28. The Hall–Kier alpha value is -0.830.